The Bertz CT molecular complexity index is 578. The van der Waals surface area contributed by atoms with Gasteiger partial charge in [-0.1, -0.05) is 38.2 Å². The normalized spacial score (nSPS) is 10.5. The molecular weight excluding hydrogens is 256 g/mol. The van der Waals surface area contributed by atoms with E-state index in [4.69, 9.17) is 18.0 Å². The third-order valence-corrected chi connectivity index (χ3v) is 2.95. The summed E-state index contributed by atoms with van der Waals surface area (Å²) in [5.74, 6) is 1.01. The molecule has 1 heterocycles. The fourth-order valence-electron chi connectivity index (χ4n) is 1.64. The highest BCUT2D eigenvalue weighted by Gasteiger charge is 2.03. The SMILES string of the molecule is CC(C)c1ccc(Nc2nccc(C(N)=S)n2)cc1. The number of nitrogens with two attached hydrogens (primary N) is 1. The van der Waals surface area contributed by atoms with Gasteiger partial charge in [0.25, 0.3) is 0 Å². The van der Waals surface area contributed by atoms with Gasteiger partial charge in [-0.15, -0.1) is 0 Å². The van der Waals surface area contributed by atoms with Crippen LogP contribution >= 0.6 is 12.2 Å². The molecule has 0 saturated heterocycles. The summed E-state index contributed by atoms with van der Waals surface area (Å²) < 4.78 is 0. The summed E-state index contributed by atoms with van der Waals surface area (Å²) in [7, 11) is 0. The molecule has 3 N–H and O–H groups in total. The number of anilines is 2. The van der Waals surface area contributed by atoms with Crippen molar-refractivity contribution < 1.29 is 0 Å². The average molecular weight is 272 g/mol. The first-order valence-electron chi connectivity index (χ1n) is 6.06. The van der Waals surface area contributed by atoms with Crippen LogP contribution in [-0.2, 0) is 0 Å². The molecule has 0 amide bonds. The van der Waals surface area contributed by atoms with Gasteiger partial charge in [0.15, 0.2) is 0 Å². The molecule has 0 bridgehead atoms. The maximum Gasteiger partial charge on any atom is 0.227 e. The Balaban J connectivity index is 2.16. The topological polar surface area (TPSA) is 63.8 Å². The molecular formula is C14H16N4S. The largest absolute Gasteiger partial charge is 0.388 e. The van der Waals surface area contributed by atoms with E-state index in [2.05, 4.69) is 41.3 Å². The van der Waals surface area contributed by atoms with Crippen molar-refractivity contribution >= 4 is 28.8 Å². The minimum atomic E-state index is 0.264. The maximum atomic E-state index is 5.54. The smallest absolute Gasteiger partial charge is 0.227 e. The summed E-state index contributed by atoms with van der Waals surface area (Å²) in [4.78, 5) is 8.64. The molecule has 0 radical (unpaired) electrons. The third-order valence-electron chi connectivity index (χ3n) is 2.74. The lowest BCUT2D eigenvalue weighted by atomic mass is 10.0. The van der Waals surface area contributed by atoms with Crippen LogP contribution in [0.5, 0.6) is 0 Å². The fraction of sp³-hybridized carbons (Fsp3) is 0.214. The van der Waals surface area contributed by atoms with E-state index in [9.17, 15) is 0 Å². The van der Waals surface area contributed by atoms with Gasteiger partial charge in [-0.2, -0.15) is 0 Å². The number of hydrogen-bond acceptors (Lipinski definition) is 4. The van der Waals surface area contributed by atoms with Crippen LogP contribution in [-0.4, -0.2) is 15.0 Å². The van der Waals surface area contributed by atoms with Crippen molar-refractivity contribution in [3.8, 4) is 0 Å². The molecule has 1 aromatic heterocycles. The zero-order chi connectivity index (χ0) is 13.8. The van der Waals surface area contributed by atoms with E-state index in [0.29, 0.717) is 17.6 Å². The van der Waals surface area contributed by atoms with Crippen molar-refractivity contribution in [1.29, 1.82) is 0 Å². The van der Waals surface area contributed by atoms with Crippen molar-refractivity contribution in [3.63, 3.8) is 0 Å². The lowest BCUT2D eigenvalue weighted by molar-refractivity contribution is 0.867. The standard InChI is InChI=1S/C14H16N4S/c1-9(2)10-3-5-11(6-4-10)17-14-16-8-7-12(18-14)13(15)19/h3-9H,1-2H3,(H2,15,19)(H,16,17,18). The number of thiocarbonyl (C=S) groups is 1. The molecule has 0 saturated carbocycles. The predicted molar refractivity (Wildman–Crippen MR) is 81.7 cm³/mol. The summed E-state index contributed by atoms with van der Waals surface area (Å²) in [6.07, 6.45) is 1.63. The van der Waals surface area contributed by atoms with E-state index in [1.165, 1.54) is 5.56 Å². The third kappa shape index (κ3) is 3.48. The number of aromatic nitrogens is 2. The summed E-state index contributed by atoms with van der Waals surface area (Å²) >= 11 is 4.89. The Labute approximate surface area is 118 Å². The molecule has 0 aliphatic rings. The van der Waals surface area contributed by atoms with Gasteiger partial charge in [0.1, 0.15) is 10.7 Å². The first-order valence-corrected chi connectivity index (χ1v) is 6.47. The minimum absolute atomic E-state index is 0.264. The first-order chi connectivity index (χ1) is 9.06. The summed E-state index contributed by atoms with van der Waals surface area (Å²) in [5, 5.41) is 3.13. The molecule has 0 aliphatic heterocycles. The van der Waals surface area contributed by atoms with Crippen molar-refractivity contribution in [2.45, 2.75) is 19.8 Å². The van der Waals surface area contributed by atoms with Crippen LogP contribution in [0.3, 0.4) is 0 Å². The van der Waals surface area contributed by atoms with E-state index < -0.39 is 0 Å². The van der Waals surface area contributed by atoms with E-state index in [0.717, 1.165) is 5.69 Å². The van der Waals surface area contributed by atoms with E-state index in [1.54, 1.807) is 12.3 Å². The van der Waals surface area contributed by atoms with Crippen molar-refractivity contribution in [2.75, 3.05) is 5.32 Å². The molecule has 5 heteroatoms. The number of benzene rings is 1. The second-order valence-electron chi connectivity index (χ2n) is 4.53. The van der Waals surface area contributed by atoms with Gasteiger partial charge in [-0.3, -0.25) is 0 Å². The number of hydrogen-bond donors (Lipinski definition) is 2. The highest BCUT2D eigenvalue weighted by Crippen LogP contribution is 2.18. The first kappa shape index (κ1) is 13.4. The molecule has 0 fully saturated rings. The van der Waals surface area contributed by atoms with Gasteiger partial charge in [-0.25, -0.2) is 9.97 Å². The molecule has 1 aromatic carbocycles. The van der Waals surface area contributed by atoms with Crippen molar-refractivity contribution in [1.82, 2.24) is 9.97 Å². The van der Waals surface area contributed by atoms with Crippen molar-refractivity contribution in [2.24, 2.45) is 5.73 Å². The summed E-state index contributed by atoms with van der Waals surface area (Å²) in [6, 6.07) is 9.88. The van der Waals surface area contributed by atoms with Crippen LogP contribution in [0.25, 0.3) is 0 Å². The highest BCUT2D eigenvalue weighted by molar-refractivity contribution is 7.80. The quantitative estimate of drug-likeness (QED) is 0.838. The zero-order valence-corrected chi connectivity index (χ0v) is 11.7. The number of rotatable bonds is 4. The van der Waals surface area contributed by atoms with E-state index in [1.807, 2.05) is 12.1 Å². The van der Waals surface area contributed by atoms with Gasteiger partial charge in [-0.05, 0) is 29.7 Å². The van der Waals surface area contributed by atoms with Gasteiger partial charge in [0, 0.05) is 11.9 Å². The molecule has 0 atom stereocenters. The van der Waals surface area contributed by atoms with Gasteiger partial charge >= 0.3 is 0 Å². The molecule has 0 aliphatic carbocycles. The lowest BCUT2D eigenvalue weighted by Gasteiger charge is -2.08. The summed E-state index contributed by atoms with van der Waals surface area (Å²) in [5.41, 5.74) is 8.33. The number of nitrogens with zero attached hydrogens (tertiary/aromatic N) is 2. The Hall–Kier alpha value is -2.01. The van der Waals surface area contributed by atoms with Gasteiger partial charge in [0.2, 0.25) is 5.95 Å². The average Bonchev–Trinajstić information content (AvgIpc) is 2.39. The van der Waals surface area contributed by atoms with Crippen LogP contribution in [0.1, 0.15) is 31.0 Å². The molecule has 2 aromatic rings. The van der Waals surface area contributed by atoms with Crippen LogP contribution in [0.4, 0.5) is 11.6 Å². The predicted octanol–water partition coefficient (Wildman–Crippen LogP) is 2.98. The van der Waals surface area contributed by atoms with Crippen LogP contribution < -0.4 is 11.1 Å². The van der Waals surface area contributed by atoms with Gasteiger partial charge < -0.3 is 11.1 Å². The molecule has 4 nitrogen and oxygen atoms in total. The second-order valence-corrected chi connectivity index (χ2v) is 4.97. The van der Waals surface area contributed by atoms with E-state index >= 15 is 0 Å². The summed E-state index contributed by atoms with van der Waals surface area (Å²) in [6.45, 7) is 4.33. The molecule has 19 heavy (non-hydrogen) atoms. The lowest BCUT2D eigenvalue weighted by Crippen LogP contribution is -2.12. The van der Waals surface area contributed by atoms with Crippen LogP contribution in [0, 0.1) is 0 Å². The Morgan fingerprint density at radius 2 is 1.89 bits per heavy atom. The fourth-order valence-corrected chi connectivity index (χ4v) is 1.75. The number of nitrogens with one attached hydrogen (secondary N) is 1. The Morgan fingerprint density at radius 3 is 2.47 bits per heavy atom. The maximum absolute atomic E-state index is 5.54. The molecule has 0 unspecified atom stereocenters. The molecule has 2 rings (SSSR count). The Morgan fingerprint density at radius 1 is 1.21 bits per heavy atom. The zero-order valence-electron chi connectivity index (χ0n) is 10.9. The van der Waals surface area contributed by atoms with E-state index in [-0.39, 0.29) is 4.99 Å². The van der Waals surface area contributed by atoms with Gasteiger partial charge in [0.05, 0.1) is 0 Å². The van der Waals surface area contributed by atoms with Crippen LogP contribution in [0.15, 0.2) is 36.5 Å². The monoisotopic (exact) mass is 272 g/mol. The Kier molecular flexibility index (Phi) is 4.06. The van der Waals surface area contributed by atoms with Crippen LogP contribution in [0.2, 0.25) is 0 Å². The molecule has 0 spiro atoms. The minimum Gasteiger partial charge on any atom is -0.388 e. The van der Waals surface area contributed by atoms with Crippen molar-refractivity contribution in [3.05, 3.63) is 47.8 Å². The molecule has 98 valence electrons. The second kappa shape index (κ2) is 5.75. The highest BCUT2D eigenvalue weighted by atomic mass is 32.1.